The molecule has 0 radical (unpaired) electrons. The van der Waals surface area contributed by atoms with Gasteiger partial charge in [0.25, 0.3) is 0 Å². The normalized spacial score (nSPS) is 10.7. The molecule has 6 aromatic rings. The lowest BCUT2D eigenvalue weighted by atomic mass is 10.1. The number of hydrogen-bond donors (Lipinski definition) is 0. The van der Waals surface area contributed by atoms with Gasteiger partial charge < -0.3 is 9.80 Å². The molecule has 0 N–H and O–H groups in total. The molecule has 188 valence electrons. The lowest BCUT2D eigenvalue weighted by Crippen LogP contribution is -2.13. The van der Waals surface area contributed by atoms with Crippen LogP contribution in [0.1, 0.15) is 0 Å². The fourth-order valence-electron chi connectivity index (χ4n) is 4.78. The van der Waals surface area contributed by atoms with Crippen LogP contribution in [0.5, 0.6) is 0 Å². The van der Waals surface area contributed by atoms with E-state index in [9.17, 15) is 0 Å². The van der Waals surface area contributed by atoms with Crippen LogP contribution in [0.15, 0.2) is 162 Å². The van der Waals surface area contributed by atoms with E-state index in [4.69, 9.17) is 0 Å². The van der Waals surface area contributed by atoms with Gasteiger partial charge in [0.1, 0.15) is 0 Å². The second-order valence-corrected chi connectivity index (χ2v) is 10.0. The Morgan fingerprint density at radius 1 is 0.410 bits per heavy atom. The maximum atomic E-state index is 4.28. The van der Waals surface area contributed by atoms with Crippen molar-refractivity contribution in [3.63, 3.8) is 0 Å². The Morgan fingerprint density at radius 2 is 0.872 bits per heavy atom. The minimum absolute atomic E-state index is 1.000. The zero-order chi connectivity index (χ0) is 26.4. The van der Waals surface area contributed by atoms with Crippen LogP contribution >= 0.6 is 15.9 Å². The second-order valence-electron chi connectivity index (χ2n) is 9.13. The topological polar surface area (TPSA) is 19.4 Å². The third kappa shape index (κ3) is 5.47. The third-order valence-electron chi connectivity index (χ3n) is 6.55. The Labute approximate surface area is 237 Å². The highest BCUT2D eigenvalue weighted by Gasteiger charge is 2.18. The Balaban J connectivity index is 1.48. The number of hydrogen-bond acceptors (Lipinski definition) is 3. The smallest absolute Gasteiger partial charge is 0.0493 e. The Morgan fingerprint density at radius 3 is 1.31 bits per heavy atom. The van der Waals surface area contributed by atoms with Crippen molar-refractivity contribution in [2.75, 3.05) is 9.80 Å². The van der Waals surface area contributed by atoms with Gasteiger partial charge in [0.15, 0.2) is 0 Å². The van der Waals surface area contributed by atoms with Crippen LogP contribution in [0.3, 0.4) is 0 Å². The number of pyridine rings is 1. The predicted molar refractivity (Wildman–Crippen MR) is 167 cm³/mol. The number of halogens is 1. The van der Waals surface area contributed by atoms with Crippen LogP contribution in [0.4, 0.5) is 34.1 Å². The van der Waals surface area contributed by atoms with Crippen molar-refractivity contribution in [1.82, 2.24) is 4.98 Å². The predicted octanol–water partition coefficient (Wildman–Crippen LogP) is 10.5. The molecule has 1 aromatic heterocycles. The zero-order valence-corrected chi connectivity index (χ0v) is 22.8. The molecule has 4 heteroatoms. The average molecular weight is 569 g/mol. The molecule has 0 bridgehead atoms. The summed E-state index contributed by atoms with van der Waals surface area (Å²) in [6, 6.07) is 50.7. The summed E-state index contributed by atoms with van der Waals surface area (Å²) in [6.45, 7) is 0. The van der Waals surface area contributed by atoms with Gasteiger partial charge in [-0.2, -0.15) is 0 Å². The van der Waals surface area contributed by atoms with E-state index in [2.05, 4.69) is 152 Å². The van der Waals surface area contributed by atoms with Gasteiger partial charge in [-0.25, -0.2) is 0 Å². The van der Waals surface area contributed by atoms with E-state index in [1.54, 1.807) is 6.20 Å². The lowest BCUT2D eigenvalue weighted by molar-refractivity contribution is 1.24. The minimum atomic E-state index is 1.000. The van der Waals surface area contributed by atoms with Gasteiger partial charge in [-0.15, -0.1) is 0 Å². The Hall–Kier alpha value is -4.67. The first-order valence-corrected chi connectivity index (χ1v) is 13.6. The Kier molecular flexibility index (Phi) is 7.19. The van der Waals surface area contributed by atoms with Crippen molar-refractivity contribution in [2.45, 2.75) is 0 Å². The monoisotopic (exact) mass is 567 g/mol. The minimum Gasteiger partial charge on any atom is -0.310 e. The number of nitrogens with zero attached hydrogens (tertiary/aromatic N) is 3. The van der Waals surface area contributed by atoms with E-state index in [1.165, 1.54) is 0 Å². The summed E-state index contributed by atoms with van der Waals surface area (Å²) in [4.78, 5) is 8.85. The van der Waals surface area contributed by atoms with Gasteiger partial charge in [0, 0.05) is 51.0 Å². The molecular formula is C35H26BrN3. The molecule has 6 rings (SSSR count). The molecule has 3 nitrogen and oxygen atoms in total. The highest BCUT2D eigenvalue weighted by Crippen LogP contribution is 2.42. The maximum absolute atomic E-state index is 4.28. The first kappa shape index (κ1) is 24.7. The summed E-state index contributed by atoms with van der Waals surface area (Å²) in [5.41, 5.74) is 8.70. The summed E-state index contributed by atoms with van der Waals surface area (Å²) in [6.07, 6.45) is 3.69. The van der Waals surface area contributed by atoms with E-state index >= 15 is 0 Å². The second kappa shape index (κ2) is 11.4. The van der Waals surface area contributed by atoms with Crippen LogP contribution in [0, 0.1) is 0 Å². The molecule has 0 aliphatic rings. The number of para-hydroxylation sites is 3. The maximum Gasteiger partial charge on any atom is 0.0493 e. The van der Waals surface area contributed by atoms with E-state index in [0.717, 1.165) is 49.7 Å². The number of rotatable bonds is 7. The quantitative estimate of drug-likeness (QED) is 0.191. The fourth-order valence-corrected chi connectivity index (χ4v) is 5.25. The van der Waals surface area contributed by atoms with E-state index in [0.29, 0.717) is 0 Å². The molecule has 0 spiro atoms. The van der Waals surface area contributed by atoms with Crippen molar-refractivity contribution in [3.8, 4) is 11.1 Å². The first-order valence-electron chi connectivity index (χ1n) is 12.8. The summed E-state index contributed by atoms with van der Waals surface area (Å²) in [7, 11) is 0. The molecule has 0 aliphatic heterocycles. The average Bonchev–Trinajstić information content (AvgIpc) is 3.00. The van der Waals surface area contributed by atoms with Gasteiger partial charge >= 0.3 is 0 Å². The van der Waals surface area contributed by atoms with Crippen LogP contribution < -0.4 is 9.80 Å². The molecule has 0 unspecified atom stereocenters. The van der Waals surface area contributed by atoms with Crippen LogP contribution in [0.25, 0.3) is 11.1 Å². The largest absolute Gasteiger partial charge is 0.310 e. The molecule has 39 heavy (non-hydrogen) atoms. The van der Waals surface area contributed by atoms with E-state index < -0.39 is 0 Å². The van der Waals surface area contributed by atoms with Gasteiger partial charge in [0.05, 0.1) is 0 Å². The molecule has 0 amide bonds. The summed E-state index contributed by atoms with van der Waals surface area (Å²) in [5.74, 6) is 0. The standard InChI is InChI=1S/C35H26BrN3/c36-29-23-34(38(30-12-4-1-5-13-30)31-14-6-2-7-15-31)25-35(24-29)39(32-16-8-3-9-17-32)33-20-18-27(19-21-33)28-11-10-22-37-26-28/h1-26H. The highest BCUT2D eigenvalue weighted by molar-refractivity contribution is 9.10. The summed E-state index contributed by atoms with van der Waals surface area (Å²) < 4.78 is 1.000. The SMILES string of the molecule is Brc1cc(N(c2ccccc2)c2ccccc2)cc(N(c2ccccc2)c2ccc(-c3cccnc3)cc2)c1. The molecule has 0 fully saturated rings. The van der Waals surface area contributed by atoms with E-state index in [1.807, 2.05) is 30.5 Å². The molecule has 1 heterocycles. The number of aromatic nitrogens is 1. The van der Waals surface area contributed by atoms with Crippen LogP contribution in [0.2, 0.25) is 0 Å². The molecule has 5 aromatic carbocycles. The molecule has 0 saturated carbocycles. The van der Waals surface area contributed by atoms with Crippen molar-refractivity contribution in [1.29, 1.82) is 0 Å². The highest BCUT2D eigenvalue weighted by atomic mass is 79.9. The number of benzene rings is 5. The Bertz CT molecular complexity index is 1600. The summed E-state index contributed by atoms with van der Waals surface area (Å²) in [5, 5.41) is 0. The molecule has 0 aliphatic carbocycles. The van der Waals surface area contributed by atoms with Gasteiger partial charge in [0.2, 0.25) is 0 Å². The van der Waals surface area contributed by atoms with Crippen molar-refractivity contribution in [3.05, 3.63) is 162 Å². The summed E-state index contributed by atoms with van der Waals surface area (Å²) >= 11 is 3.82. The molecular weight excluding hydrogens is 542 g/mol. The third-order valence-corrected chi connectivity index (χ3v) is 7.01. The van der Waals surface area contributed by atoms with Gasteiger partial charge in [-0.1, -0.05) is 88.7 Å². The first-order chi connectivity index (χ1) is 19.3. The van der Waals surface area contributed by atoms with Crippen molar-refractivity contribution < 1.29 is 0 Å². The van der Waals surface area contributed by atoms with E-state index in [-0.39, 0.29) is 0 Å². The van der Waals surface area contributed by atoms with Crippen LogP contribution in [-0.4, -0.2) is 4.98 Å². The van der Waals surface area contributed by atoms with Crippen LogP contribution in [-0.2, 0) is 0 Å². The van der Waals surface area contributed by atoms with Gasteiger partial charge in [-0.05, 0) is 83.9 Å². The van der Waals surface area contributed by atoms with Gasteiger partial charge in [-0.3, -0.25) is 4.98 Å². The molecule has 0 atom stereocenters. The van der Waals surface area contributed by atoms with Crippen molar-refractivity contribution >= 4 is 50.1 Å². The fraction of sp³-hybridized carbons (Fsp3) is 0. The zero-order valence-electron chi connectivity index (χ0n) is 21.2. The molecule has 0 saturated heterocycles. The number of anilines is 6. The van der Waals surface area contributed by atoms with Crippen molar-refractivity contribution in [2.24, 2.45) is 0 Å². The lowest BCUT2D eigenvalue weighted by Gasteiger charge is -2.30.